The lowest BCUT2D eigenvalue weighted by Crippen LogP contribution is -2.24. The van der Waals surface area contributed by atoms with Crippen molar-refractivity contribution in [1.82, 2.24) is 9.97 Å². The van der Waals surface area contributed by atoms with E-state index in [9.17, 15) is 4.39 Å². The molecule has 1 unspecified atom stereocenters. The van der Waals surface area contributed by atoms with Gasteiger partial charge in [0.25, 0.3) is 0 Å². The summed E-state index contributed by atoms with van der Waals surface area (Å²) in [5, 5.41) is -0.151. The Morgan fingerprint density at radius 3 is 2.35 bits per heavy atom. The SMILES string of the molecule is CCOC(c1nc(C)c(F)c(Cl)n1)C(C)(C)C. The van der Waals surface area contributed by atoms with Crippen molar-refractivity contribution in [3.8, 4) is 0 Å². The lowest BCUT2D eigenvalue weighted by atomic mass is 9.88. The molecule has 0 saturated heterocycles. The minimum atomic E-state index is -0.570. The summed E-state index contributed by atoms with van der Waals surface area (Å²) in [6.45, 7) is 10.1. The number of aryl methyl sites for hydroxylation is 1. The van der Waals surface area contributed by atoms with Crippen LogP contribution in [-0.4, -0.2) is 16.6 Å². The molecule has 1 rings (SSSR count). The van der Waals surface area contributed by atoms with Crippen LogP contribution in [0.25, 0.3) is 0 Å². The van der Waals surface area contributed by atoms with E-state index in [-0.39, 0.29) is 22.4 Å². The Morgan fingerprint density at radius 2 is 1.94 bits per heavy atom. The van der Waals surface area contributed by atoms with Crippen molar-refractivity contribution < 1.29 is 9.13 Å². The van der Waals surface area contributed by atoms with E-state index in [1.54, 1.807) is 6.92 Å². The highest BCUT2D eigenvalue weighted by atomic mass is 35.5. The van der Waals surface area contributed by atoms with Gasteiger partial charge in [-0.3, -0.25) is 0 Å². The van der Waals surface area contributed by atoms with E-state index in [2.05, 4.69) is 9.97 Å². The second-order valence-corrected chi connectivity index (χ2v) is 5.33. The van der Waals surface area contributed by atoms with Gasteiger partial charge in [-0.1, -0.05) is 32.4 Å². The second kappa shape index (κ2) is 5.27. The minimum Gasteiger partial charge on any atom is -0.370 e. The van der Waals surface area contributed by atoms with Crippen LogP contribution in [0.3, 0.4) is 0 Å². The monoisotopic (exact) mass is 260 g/mol. The maximum Gasteiger partial charge on any atom is 0.181 e. The number of aromatic nitrogens is 2. The summed E-state index contributed by atoms with van der Waals surface area (Å²) in [6.07, 6.45) is -0.302. The molecular formula is C12H18ClFN2O. The summed E-state index contributed by atoms with van der Waals surface area (Å²) >= 11 is 5.73. The van der Waals surface area contributed by atoms with Crippen LogP contribution in [0.2, 0.25) is 5.15 Å². The maximum absolute atomic E-state index is 13.4. The largest absolute Gasteiger partial charge is 0.370 e. The molecule has 0 radical (unpaired) electrons. The van der Waals surface area contributed by atoms with Crippen LogP contribution in [0, 0.1) is 18.2 Å². The zero-order valence-electron chi connectivity index (χ0n) is 10.8. The van der Waals surface area contributed by atoms with Gasteiger partial charge < -0.3 is 4.74 Å². The molecule has 17 heavy (non-hydrogen) atoms. The fourth-order valence-corrected chi connectivity index (χ4v) is 1.76. The second-order valence-electron chi connectivity index (χ2n) is 4.97. The first kappa shape index (κ1) is 14.3. The molecule has 5 heteroatoms. The van der Waals surface area contributed by atoms with Gasteiger partial charge in [0, 0.05) is 6.61 Å². The highest BCUT2D eigenvalue weighted by Gasteiger charge is 2.30. The fourth-order valence-electron chi connectivity index (χ4n) is 1.54. The number of hydrogen-bond acceptors (Lipinski definition) is 3. The molecule has 0 fully saturated rings. The summed E-state index contributed by atoms with van der Waals surface area (Å²) in [4.78, 5) is 8.10. The Bertz CT molecular complexity index is 381. The molecule has 0 aliphatic rings. The molecule has 1 aromatic heterocycles. The van der Waals surface area contributed by atoms with Crippen LogP contribution in [0.1, 0.15) is 45.3 Å². The average molecular weight is 261 g/mol. The molecule has 0 bridgehead atoms. The standard InChI is InChI=1S/C12H18ClFN2O/c1-6-17-9(12(3,4)5)11-15-7(2)8(14)10(13)16-11/h9H,6H2,1-5H3. The normalized spacial score (nSPS) is 13.8. The molecule has 3 nitrogen and oxygen atoms in total. The smallest absolute Gasteiger partial charge is 0.181 e. The van der Waals surface area contributed by atoms with Gasteiger partial charge in [0.15, 0.2) is 16.8 Å². The minimum absolute atomic E-state index is 0.151. The third kappa shape index (κ3) is 3.36. The molecule has 0 aliphatic carbocycles. The number of nitrogens with zero attached hydrogens (tertiary/aromatic N) is 2. The molecule has 1 heterocycles. The average Bonchev–Trinajstić information content (AvgIpc) is 2.20. The first-order valence-corrected chi connectivity index (χ1v) is 5.96. The van der Waals surface area contributed by atoms with E-state index in [1.165, 1.54) is 0 Å². The fraction of sp³-hybridized carbons (Fsp3) is 0.667. The quantitative estimate of drug-likeness (QED) is 0.778. The summed E-state index contributed by atoms with van der Waals surface area (Å²) in [5.74, 6) is -0.136. The van der Waals surface area contributed by atoms with Gasteiger partial charge in [0.1, 0.15) is 6.10 Å². The summed E-state index contributed by atoms with van der Waals surface area (Å²) in [5.41, 5.74) is 0.0674. The number of hydrogen-bond donors (Lipinski definition) is 0. The summed E-state index contributed by atoms with van der Waals surface area (Å²) in [6, 6.07) is 0. The Kier molecular flexibility index (Phi) is 4.44. The van der Waals surface area contributed by atoms with E-state index in [0.717, 1.165) is 0 Å². The Balaban J connectivity index is 3.20. The third-order valence-electron chi connectivity index (χ3n) is 2.35. The van der Waals surface area contributed by atoms with Crippen LogP contribution in [0.5, 0.6) is 0 Å². The highest BCUT2D eigenvalue weighted by Crippen LogP contribution is 2.35. The lowest BCUT2D eigenvalue weighted by Gasteiger charge is -2.29. The molecule has 1 atom stereocenters. The van der Waals surface area contributed by atoms with E-state index < -0.39 is 5.82 Å². The van der Waals surface area contributed by atoms with Crippen LogP contribution >= 0.6 is 11.6 Å². The first-order chi connectivity index (χ1) is 7.77. The van der Waals surface area contributed by atoms with E-state index in [0.29, 0.717) is 12.4 Å². The molecule has 0 N–H and O–H groups in total. The molecular weight excluding hydrogens is 243 g/mol. The van der Waals surface area contributed by atoms with Crippen molar-refractivity contribution in [2.75, 3.05) is 6.61 Å². The van der Waals surface area contributed by atoms with Crippen molar-refractivity contribution in [3.05, 3.63) is 22.5 Å². The van der Waals surface area contributed by atoms with Crippen molar-refractivity contribution >= 4 is 11.6 Å². The molecule has 0 saturated carbocycles. The lowest BCUT2D eigenvalue weighted by molar-refractivity contribution is -0.0193. The molecule has 1 aromatic rings. The topological polar surface area (TPSA) is 35.0 Å². The van der Waals surface area contributed by atoms with Gasteiger partial charge in [-0.25, -0.2) is 14.4 Å². The van der Waals surface area contributed by atoms with Gasteiger partial charge in [-0.2, -0.15) is 0 Å². The van der Waals surface area contributed by atoms with Gasteiger partial charge >= 0.3 is 0 Å². The van der Waals surface area contributed by atoms with Crippen molar-refractivity contribution in [2.24, 2.45) is 5.41 Å². The first-order valence-electron chi connectivity index (χ1n) is 5.58. The number of ether oxygens (including phenoxy) is 1. The summed E-state index contributed by atoms with van der Waals surface area (Å²) in [7, 11) is 0. The van der Waals surface area contributed by atoms with E-state index in [4.69, 9.17) is 16.3 Å². The maximum atomic E-state index is 13.4. The third-order valence-corrected chi connectivity index (χ3v) is 2.60. The van der Waals surface area contributed by atoms with Crippen molar-refractivity contribution in [2.45, 2.75) is 40.7 Å². The highest BCUT2D eigenvalue weighted by molar-refractivity contribution is 6.29. The zero-order valence-corrected chi connectivity index (χ0v) is 11.6. The summed E-state index contributed by atoms with van der Waals surface area (Å²) < 4.78 is 19.0. The van der Waals surface area contributed by atoms with Gasteiger partial charge in [-0.15, -0.1) is 0 Å². The zero-order chi connectivity index (χ0) is 13.2. The predicted octanol–water partition coefficient (Wildman–Crippen LogP) is 3.70. The Hall–Kier alpha value is -0.740. The molecule has 0 aromatic carbocycles. The number of halogens is 2. The van der Waals surface area contributed by atoms with Gasteiger partial charge in [-0.05, 0) is 19.3 Å². The van der Waals surface area contributed by atoms with E-state index >= 15 is 0 Å². The molecule has 0 aliphatic heterocycles. The van der Waals surface area contributed by atoms with Crippen molar-refractivity contribution in [1.29, 1.82) is 0 Å². The van der Waals surface area contributed by atoms with Crippen molar-refractivity contribution in [3.63, 3.8) is 0 Å². The van der Waals surface area contributed by atoms with E-state index in [1.807, 2.05) is 27.7 Å². The Morgan fingerprint density at radius 1 is 1.35 bits per heavy atom. The molecule has 96 valence electrons. The molecule has 0 spiro atoms. The number of rotatable bonds is 3. The van der Waals surface area contributed by atoms with Crippen LogP contribution in [0.15, 0.2) is 0 Å². The van der Waals surface area contributed by atoms with Crippen LogP contribution in [-0.2, 0) is 4.74 Å². The van der Waals surface area contributed by atoms with Crippen LogP contribution < -0.4 is 0 Å². The van der Waals surface area contributed by atoms with Gasteiger partial charge in [0.2, 0.25) is 0 Å². The molecule has 0 amide bonds. The van der Waals surface area contributed by atoms with Crippen LogP contribution in [0.4, 0.5) is 4.39 Å². The van der Waals surface area contributed by atoms with Gasteiger partial charge in [0.05, 0.1) is 5.69 Å². The predicted molar refractivity (Wildman–Crippen MR) is 65.6 cm³/mol. The Labute approximate surface area is 106 Å².